The Bertz CT molecular complexity index is 534. The fourth-order valence-corrected chi connectivity index (χ4v) is 3.62. The number of benzene rings is 1. The molecule has 1 aliphatic carbocycles. The number of rotatable bonds is 3. The fourth-order valence-electron chi connectivity index (χ4n) is 3.62. The molecule has 1 saturated carbocycles. The molecule has 2 aliphatic rings. The number of hydrogen-bond donors (Lipinski definition) is 3. The Morgan fingerprint density at radius 3 is 2.95 bits per heavy atom. The van der Waals surface area contributed by atoms with Gasteiger partial charge in [0.2, 0.25) is 5.91 Å². The molecule has 1 aromatic rings. The number of nitrogen functional groups attached to an aromatic ring is 1. The molecule has 5 heteroatoms. The van der Waals surface area contributed by atoms with Crippen LogP contribution in [0.4, 0.5) is 11.4 Å². The van der Waals surface area contributed by atoms with Gasteiger partial charge in [-0.2, -0.15) is 0 Å². The Morgan fingerprint density at radius 2 is 2.24 bits per heavy atom. The summed E-state index contributed by atoms with van der Waals surface area (Å²) >= 11 is 0. The van der Waals surface area contributed by atoms with E-state index in [0.29, 0.717) is 17.5 Å². The van der Waals surface area contributed by atoms with Gasteiger partial charge in [0.1, 0.15) is 0 Å². The summed E-state index contributed by atoms with van der Waals surface area (Å²) in [5, 5.41) is 12.9. The van der Waals surface area contributed by atoms with E-state index >= 15 is 0 Å². The number of carbonyl (C=O) groups excluding carboxylic acids is 1. The number of nitrogens with zero attached hydrogens (tertiary/aromatic N) is 1. The Balaban J connectivity index is 1.60. The van der Waals surface area contributed by atoms with Gasteiger partial charge in [-0.05, 0) is 43.9 Å². The van der Waals surface area contributed by atoms with Crippen molar-refractivity contribution in [3.8, 4) is 0 Å². The zero-order valence-electron chi connectivity index (χ0n) is 12.3. The van der Waals surface area contributed by atoms with E-state index in [1.807, 2.05) is 19.1 Å². The highest BCUT2D eigenvalue weighted by Crippen LogP contribution is 2.38. The first kappa shape index (κ1) is 14.4. The second-order valence-corrected chi connectivity index (χ2v) is 6.31. The van der Waals surface area contributed by atoms with Crippen LogP contribution in [0.5, 0.6) is 0 Å². The molecule has 21 heavy (non-hydrogen) atoms. The van der Waals surface area contributed by atoms with Crippen molar-refractivity contribution in [3.05, 3.63) is 24.3 Å². The van der Waals surface area contributed by atoms with E-state index in [2.05, 4.69) is 10.2 Å². The molecule has 1 amide bonds. The second-order valence-electron chi connectivity index (χ2n) is 6.31. The van der Waals surface area contributed by atoms with E-state index in [-0.39, 0.29) is 18.1 Å². The lowest BCUT2D eigenvalue weighted by Crippen LogP contribution is -2.41. The number of aliphatic hydroxyl groups is 1. The van der Waals surface area contributed by atoms with Gasteiger partial charge in [-0.3, -0.25) is 9.69 Å². The van der Waals surface area contributed by atoms with E-state index in [1.54, 1.807) is 12.1 Å². The van der Waals surface area contributed by atoms with E-state index in [4.69, 9.17) is 5.73 Å². The molecule has 0 bridgehead atoms. The van der Waals surface area contributed by atoms with Crippen LogP contribution >= 0.6 is 0 Å². The molecule has 1 aromatic carbocycles. The summed E-state index contributed by atoms with van der Waals surface area (Å²) in [5.74, 6) is 0.866. The van der Waals surface area contributed by atoms with Crippen LogP contribution in [0.25, 0.3) is 0 Å². The topological polar surface area (TPSA) is 78.6 Å². The molecule has 4 atom stereocenters. The summed E-state index contributed by atoms with van der Waals surface area (Å²) in [7, 11) is 0. The highest BCUT2D eigenvalue weighted by molar-refractivity contribution is 5.94. The number of nitrogens with two attached hydrogens (primary N) is 1. The van der Waals surface area contributed by atoms with Crippen molar-refractivity contribution in [1.29, 1.82) is 0 Å². The average molecular weight is 289 g/mol. The zero-order chi connectivity index (χ0) is 15.0. The minimum absolute atomic E-state index is 0.0185. The molecule has 1 aliphatic heterocycles. The van der Waals surface area contributed by atoms with Crippen molar-refractivity contribution < 1.29 is 9.90 Å². The van der Waals surface area contributed by atoms with Crippen LogP contribution < -0.4 is 11.1 Å². The minimum atomic E-state index is -0.191. The molecule has 0 radical (unpaired) electrons. The molecule has 4 N–H and O–H groups in total. The summed E-state index contributed by atoms with van der Waals surface area (Å²) in [6.07, 6.45) is 1.79. The Morgan fingerprint density at radius 1 is 1.43 bits per heavy atom. The largest absolute Gasteiger partial charge is 0.399 e. The number of fused-ring (bicyclic) bond motifs is 1. The fraction of sp³-hybridized carbons (Fsp3) is 0.562. The highest BCUT2D eigenvalue weighted by atomic mass is 16.3. The standard InChI is InChI=1S/C16H23N3O2/c1-10(16(21)18-13-4-2-3-12(17)7-13)19-8-11-5-6-15(20)14(11)9-19/h2-4,7,10-11,14-15,20H,5-6,8-9,17H2,1H3,(H,18,21). The maximum atomic E-state index is 12.4. The van der Waals surface area contributed by atoms with Crippen molar-refractivity contribution in [3.63, 3.8) is 0 Å². The third kappa shape index (κ3) is 2.89. The molecular formula is C16H23N3O2. The van der Waals surface area contributed by atoms with E-state index in [9.17, 15) is 9.90 Å². The number of anilines is 2. The molecule has 5 nitrogen and oxygen atoms in total. The van der Waals surface area contributed by atoms with Gasteiger partial charge in [0, 0.05) is 30.4 Å². The monoisotopic (exact) mass is 289 g/mol. The lowest BCUT2D eigenvalue weighted by Gasteiger charge is -2.24. The molecular weight excluding hydrogens is 266 g/mol. The number of aliphatic hydroxyl groups excluding tert-OH is 1. The second kappa shape index (κ2) is 5.66. The van der Waals surface area contributed by atoms with Gasteiger partial charge in [-0.15, -0.1) is 0 Å². The van der Waals surface area contributed by atoms with Gasteiger partial charge < -0.3 is 16.2 Å². The van der Waals surface area contributed by atoms with Crippen molar-refractivity contribution in [1.82, 2.24) is 4.90 Å². The van der Waals surface area contributed by atoms with Gasteiger partial charge >= 0.3 is 0 Å². The lowest BCUT2D eigenvalue weighted by molar-refractivity contribution is -0.120. The van der Waals surface area contributed by atoms with Gasteiger partial charge in [0.25, 0.3) is 0 Å². The summed E-state index contributed by atoms with van der Waals surface area (Å²) < 4.78 is 0. The SMILES string of the molecule is CC(C(=O)Nc1cccc(N)c1)N1CC2CCC(O)C2C1. The average Bonchev–Trinajstić information content (AvgIpc) is 3.00. The Hall–Kier alpha value is -1.59. The molecule has 2 fully saturated rings. The number of carbonyl (C=O) groups is 1. The minimum Gasteiger partial charge on any atom is -0.399 e. The van der Waals surface area contributed by atoms with Crippen molar-refractivity contribution >= 4 is 17.3 Å². The van der Waals surface area contributed by atoms with Crippen molar-refractivity contribution in [2.75, 3.05) is 24.1 Å². The third-order valence-corrected chi connectivity index (χ3v) is 4.93. The molecule has 114 valence electrons. The zero-order valence-corrected chi connectivity index (χ0v) is 12.3. The van der Waals surface area contributed by atoms with E-state index < -0.39 is 0 Å². The predicted octanol–water partition coefficient (Wildman–Crippen LogP) is 1.30. The number of amides is 1. The number of likely N-dealkylation sites (tertiary alicyclic amines) is 1. The van der Waals surface area contributed by atoms with Crippen LogP contribution in [0.3, 0.4) is 0 Å². The van der Waals surface area contributed by atoms with Crippen LogP contribution in [0.2, 0.25) is 0 Å². The lowest BCUT2D eigenvalue weighted by atomic mass is 10.00. The predicted molar refractivity (Wildman–Crippen MR) is 82.7 cm³/mol. The first-order valence-corrected chi connectivity index (χ1v) is 7.63. The Kier molecular flexibility index (Phi) is 3.87. The summed E-state index contributed by atoms with van der Waals surface area (Å²) in [5.41, 5.74) is 7.09. The molecule has 4 unspecified atom stereocenters. The van der Waals surface area contributed by atoms with Crippen molar-refractivity contribution in [2.45, 2.75) is 31.9 Å². The van der Waals surface area contributed by atoms with Crippen LogP contribution in [0.1, 0.15) is 19.8 Å². The van der Waals surface area contributed by atoms with Gasteiger partial charge in [0.15, 0.2) is 0 Å². The molecule has 0 aromatic heterocycles. The smallest absolute Gasteiger partial charge is 0.241 e. The third-order valence-electron chi connectivity index (χ3n) is 4.93. The quantitative estimate of drug-likeness (QED) is 0.733. The van der Waals surface area contributed by atoms with Crippen LogP contribution in [0.15, 0.2) is 24.3 Å². The van der Waals surface area contributed by atoms with Gasteiger partial charge in [0.05, 0.1) is 12.1 Å². The first-order valence-electron chi connectivity index (χ1n) is 7.63. The van der Waals surface area contributed by atoms with Crippen LogP contribution in [-0.2, 0) is 4.79 Å². The normalized spacial score (nSPS) is 30.1. The van der Waals surface area contributed by atoms with Crippen LogP contribution in [-0.4, -0.2) is 41.1 Å². The summed E-state index contributed by atoms with van der Waals surface area (Å²) in [6, 6.07) is 7.02. The van der Waals surface area contributed by atoms with E-state index in [1.165, 1.54) is 0 Å². The molecule has 3 rings (SSSR count). The summed E-state index contributed by atoms with van der Waals surface area (Å²) in [4.78, 5) is 14.5. The molecule has 0 spiro atoms. The molecule has 1 heterocycles. The van der Waals surface area contributed by atoms with E-state index in [0.717, 1.165) is 31.6 Å². The van der Waals surface area contributed by atoms with Crippen LogP contribution in [0, 0.1) is 11.8 Å². The highest BCUT2D eigenvalue weighted by Gasteiger charge is 2.43. The number of hydrogen-bond acceptors (Lipinski definition) is 4. The van der Waals surface area contributed by atoms with Gasteiger partial charge in [-0.1, -0.05) is 6.07 Å². The first-order chi connectivity index (χ1) is 10.0. The maximum absolute atomic E-state index is 12.4. The number of nitrogens with one attached hydrogen (secondary N) is 1. The molecule has 1 saturated heterocycles. The van der Waals surface area contributed by atoms with Crippen molar-refractivity contribution in [2.24, 2.45) is 11.8 Å². The summed E-state index contributed by atoms with van der Waals surface area (Å²) in [6.45, 7) is 3.65. The Labute approximate surface area is 125 Å². The van der Waals surface area contributed by atoms with Gasteiger partial charge in [-0.25, -0.2) is 0 Å². The maximum Gasteiger partial charge on any atom is 0.241 e.